The van der Waals surface area contributed by atoms with Gasteiger partial charge in [-0.25, -0.2) is 4.79 Å². The van der Waals surface area contributed by atoms with E-state index in [1.807, 2.05) is 49.1 Å². The summed E-state index contributed by atoms with van der Waals surface area (Å²) >= 11 is 0. The predicted molar refractivity (Wildman–Crippen MR) is 127 cm³/mol. The average molecular weight is 484 g/mol. The first kappa shape index (κ1) is 24.8. The van der Waals surface area contributed by atoms with Gasteiger partial charge in [0.2, 0.25) is 5.89 Å². The van der Waals surface area contributed by atoms with Crippen LogP contribution in [0, 0.1) is 0 Å². The fourth-order valence-corrected chi connectivity index (χ4v) is 4.22. The van der Waals surface area contributed by atoms with Crippen LogP contribution < -0.4 is 10.7 Å². The van der Waals surface area contributed by atoms with E-state index >= 15 is 0 Å². The lowest BCUT2D eigenvalue weighted by Crippen LogP contribution is -2.53. The normalized spacial score (nSPS) is 21.5. The van der Waals surface area contributed by atoms with Crippen molar-refractivity contribution in [3.8, 4) is 0 Å². The molecule has 2 N–H and O–H groups in total. The second kappa shape index (κ2) is 10.5. The Morgan fingerprint density at radius 3 is 2.49 bits per heavy atom. The largest absolute Gasteiger partial charge is 0.344 e. The number of piperazine rings is 1. The zero-order chi connectivity index (χ0) is 25.0. The maximum atomic E-state index is 12.9. The van der Waals surface area contributed by atoms with Crippen molar-refractivity contribution in [2.45, 2.75) is 51.6 Å². The quantitative estimate of drug-likeness (QED) is 0.512. The summed E-state index contributed by atoms with van der Waals surface area (Å²) in [6.45, 7) is 9.23. The van der Waals surface area contributed by atoms with E-state index in [0.717, 1.165) is 23.7 Å². The molecule has 2 aliphatic rings. The second-order valence-corrected chi connectivity index (χ2v) is 9.68. The van der Waals surface area contributed by atoms with Crippen molar-refractivity contribution in [2.75, 3.05) is 32.7 Å². The lowest BCUT2D eigenvalue weighted by Gasteiger charge is -2.33. The second-order valence-electron chi connectivity index (χ2n) is 9.68. The van der Waals surface area contributed by atoms with Crippen LogP contribution in [0.3, 0.4) is 0 Å². The number of carbonyl (C=O) groups is 3. The summed E-state index contributed by atoms with van der Waals surface area (Å²) in [5.74, 6) is 0.666. The summed E-state index contributed by atoms with van der Waals surface area (Å²) in [4.78, 5) is 46.6. The molecule has 35 heavy (non-hydrogen) atoms. The zero-order valence-corrected chi connectivity index (χ0v) is 20.5. The molecule has 2 aliphatic heterocycles. The van der Waals surface area contributed by atoms with Crippen LogP contribution in [0.5, 0.6) is 0 Å². The van der Waals surface area contributed by atoms with Crippen LogP contribution in [0.1, 0.15) is 50.4 Å². The summed E-state index contributed by atoms with van der Waals surface area (Å²) in [7, 11) is 0. The summed E-state index contributed by atoms with van der Waals surface area (Å²) in [5.41, 5.74) is 2.51. The van der Waals surface area contributed by atoms with Crippen molar-refractivity contribution in [3.63, 3.8) is 0 Å². The van der Waals surface area contributed by atoms with Crippen molar-refractivity contribution in [3.05, 3.63) is 47.6 Å². The molecule has 11 nitrogen and oxygen atoms in total. The van der Waals surface area contributed by atoms with E-state index in [9.17, 15) is 14.4 Å². The van der Waals surface area contributed by atoms with Crippen LogP contribution in [-0.2, 0) is 22.6 Å². The molecule has 11 heteroatoms. The maximum Gasteiger partial charge on any atom is 0.344 e. The van der Waals surface area contributed by atoms with E-state index in [1.165, 1.54) is 0 Å². The Morgan fingerprint density at radius 1 is 1.14 bits per heavy atom. The molecule has 0 aliphatic carbocycles. The van der Waals surface area contributed by atoms with Crippen molar-refractivity contribution >= 4 is 17.8 Å². The van der Waals surface area contributed by atoms with Gasteiger partial charge in [-0.15, -0.1) is 0 Å². The number of rotatable bonds is 9. The smallest absolute Gasteiger partial charge is 0.338 e. The van der Waals surface area contributed by atoms with Crippen molar-refractivity contribution in [2.24, 2.45) is 0 Å². The summed E-state index contributed by atoms with van der Waals surface area (Å²) in [6, 6.07) is 9.16. The van der Waals surface area contributed by atoms with Crippen molar-refractivity contribution < 1.29 is 18.9 Å². The molecule has 1 aromatic heterocycles. The molecule has 0 saturated carbocycles. The van der Waals surface area contributed by atoms with Gasteiger partial charge in [-0.05, 0) is 25.3 Å². The first-order chi connectivity index (χ1) is 16.7. The SMILES string of the molecule is CC(C)c1noc(CN2CCN(CC(=O)NN3C(=O)NC(C)(CCc4ccccc4)C3=O)CC2)n1. The van der Waals surface area contributed by atoms with Crippen LogP contribution in [0.15, 0.2) is 34.9 Å². The van der Waals surface area contributed by atoms with E-state index < -0.39 is 23.4 Å². The Labute approximate surface area is 204 Å². The number of hydrogen-bond acceptors (Lipinski definition) is 8. The number of hydrogen-bond donors (Lipinski definition) is 2. The molecule has 1 unspecified atom stereocenters. The third-order valence-electron chi connectivity index (χ3n) is 6.45. The van der Waals surface area contributed by atoms with E-state index in [4.69, 9.17) is 4.52 Å². The zero-order valence-electron chi connectivity index (χ0n) is 20.5. The van der Waals surface area contributed by atoms with Gasteiger partial charge in [-0.3, -0.25) is 24.8 Å². The van der Waals surface area contributed by atoms with Crippen LogP contribution in [0.2, 0.25) is 0 Å². The highest BCUT2D eigenvalue weighted by molar-refractivity contribution is 6.07. The van der Waals surface area contributed by atoms with Gasteiger partial charge in [0.05, 0.1) is 13.1 Å². The first-order valence-electron chi connectivity index (χ1n) is 12.0. The van der Waals surface area contributed by atoms with Gasteiger partial charge in [-0.2, -0.15) is 9.99 Å². The lowest BCUT2D eigenvalue weighted by molar-refractivity contribution is -0.139. The van der Waals surface area contributed by atoms with Gasteiger partial charge < -0.3 is 9.84 Å². The Morgan fingerprint density at radius 2 is 1.83 bits per heavy atom. The topological polar surface area (TPSA) is 124 Å². The van der Waals surface area contributed by atoms with Crippen LogP contribution in [0.25, 0.3) is 0 Å². The molecule has 0 radical (unpaired) electrons. The maximum absolute atomic E-state index is 12.9. The molecule has 1 aromatic carbocycles. The van der Waals surface area contributed by atoms with Gasteiger partial charge in [0.25, 0.3) is 11.8 Å². The average Bonchev–Trinajstić information content (AvgIpc) is 3.39. The lowest BCUT2D eigenvalue weighted by atomic mass is 9.93. The minimum atomic E-state index is -1.06. The molecule has 2 fully saturated rings. The van der Waals surface area contributed by atoms with E-state index in [0.29, 0.717) is 44.2 Å². The van der Waals surface area contributed by atoms with Gasteiger partial charge >= 0.3 is 6.03 Å². The fourth-order valence-electron chi connectivity index (χ4n) is 4.22. The van der Waals surface area contributed by atoms with E-state index in [-0.39, 0.29) is 12.5 Å². The number of hydrazine groups is 1. The van der Waals surface area contributed by atoms with Gasteiger partial charge in [0.15, 0.2) is 5.82 Å². The highest BCUT2D eigenvalue weighted by Gasteiger charge is 2.48. The van der Waals surface area contributed by atoms with Crippen molar-refractivity contribution in [1.82, 2.24) is 35.7 Å². The number of aryl methyl sites for hydroxylation is 1. The number of aromatic nitrogens is 2. The highest BCUT2D eigenvalue weighted by atomic mass is 16.5. The molecule has 4 rings (SSSR count). The molecule has 0 spiro atoms. The molecule has 1 atom stereocenters. The Balaban J connectivity index is 1.22. The summed E-state index contributed by atoms with van der Waals surface area (Å²) < 4.78 is 5.32. The van der Waals surface area contributed by atoms with Crippen LogP contribution >= 0.6 is 0 Å². The number of benzene rings is 1. The first-order valence-corrected chi connectivity index (χ1v) is 12.0. The number of carbonyl (C=O) groups excluding carboxylic acids is 3. The molecule has 2 saturated heterocycles. The molecular formula is C24H33N7O4. The van der Waals surface area contributed by atoms with Gasteiger partial charge in [-0.1, -0.05) is 49.3 Å². The number of nitrogens with one attached hydrogen (secondary N) is 2. The predicted octanol–water partition coefficient (Wildman–Crippen LogP) is 1.29. The molecule has 3 heterocycles. The number of amides is 4. The standard InChI is InChI=1S/C24H33N7O4/c1-17(2)21-25-20(35-28-21)16-30-13-11-29(12-14-30)15-19(32)27-31-22(33)24(3,26-23(31)34)10-9-18-7-5-4-6-8-18/h4-8,17H,9-16H2,1-3H3,(H,26,34)(H,27,32). The Kier molecular flexibility index (Phi) is 7.46. The molecule has 188 valence electrons. The van der Waals surface area contributed by atoms with Crippen LogP contribution in [0.4, 0.5) is 4.79 Å². The summed E-state index contributed by atoms with van der Waals surface area (Å²) in [5, 5.41) is 7.53. The van der Waals surface area contributed by atoms with E-state index in [1.54, 1.807) is 6.92 Å². The minimum absolute atomic E-state index is 0.101. The molecule has 2 aromatic rings. The Bertz CT molecular complexity index is 1050. The highest BCUT2D eigenvalue weighted by Crippen LogP contribution is 2.22. The molecule has 4 amide bonds. The monoisotopic (exact) mass is 483 g/mol. The Hall–Kier alpha value is -3.31. The molecule has 0 bridgehead atoms. The fraction of sp³-hybridized carbons (Fsp3) is 0.542. The van der Waals surface area contributed by atoms with Crippen molar-refractivity contribution in [1.29, 1.82) is 0 Å². The van der Waals surface area contributed by atoms with E-state index in [2.05, 4.69) is 25.8 Å². The molecular weight excluding hydrogens is 450 g/mol. The van der Waals surface area contributed by atoms with Gasteiger partial charge in [0, 0.05) is 32.1 Å². The third kappa shape index (κ3) is 6.04. The minimum Gasteiger partial charge on any atom is -0.338 e. The number of urea groups is 1. The summed E-state index contributed by atoms with van der Waals surface area (Å²) in [6.07, 6.45) is 1.08. The van der Waals surface area contributed by atoms with Crippen LogP contribution in [-0.4, -0.2) is 81.1 Å². The van der Waals surface area contributed by atoms with Gasteiger partial charge in [0.1, 0.15) is 5.54 Å². The number of imide groups is 1. The third-order valence-corrected chi connectivity index (χ3v) is 6.45. The number of nitrogens with zero attached hydrogens (tertiary/aromatic N) is 5.